The third-order valence-corrected chi connectivity index (χ3v) is 6.58. The van der Waals surface area contributed by atoms with Gasteiger partial charge in [-0.25, -0.2) is 8.42 Å². The van der Waals surface area contributed by atoms with Gasteiger partial charge in [0.25, 0.3) is 0 Å². The van der Waals surface area contributed by atoms with Gasteiger partial charge in [-0.2, -0.15) is 0 Å². The maximum atomic E-state index is 10.0. The molecule has 2 N–H and O–H groups in total. The summed E-state index contributed by atoms with van der Waals surface area (Å²) in [6.45, 7) is 3.60. The van der Waals surface area contributed by atoms with E-state index >= 15 is 0 Å². The number of hydrogen-bond donors (Lipinski definition) is 2. The molecule has 30 heavy (non-hydrogen) atoms. The van der Waals surface area contributed by atoms with Crippen LogP contribution in [0.4, 0.5) is 0 Å². The Morgan fingerprint density at radius 1 is 0.867 bits per heavy atom. The van der Waals surface area contributed by atoms with Gasteiger partial charge in [-0.05, 0) is 54.8 Å². The molecule has 0 fully saturated rings. The predicted octanol–water partition coefficient (Wildman–Crippen LogP) is 4.04. The summed E-state index contributed by atoms with van der Waals surface area (Å²) in [5, 5.41) is 19.1. The quantitative estimate of drug-likeness (QED) is 0.346. The van der Waals surface area contributed by atoms with Crippen molar-refractivity contribution in [1.82, 2.24) is 0 Å². The van der Waals surface area contributed by atoms with Crippen molar-refractivity contribution in [2.24, 2.45) is 0 Å². The second-order valence-corrected chi connectivity index (χ2v) is 9.58. The van der Waals surface area contributed by atoms with Crippen LogP contribution in [-0.4, -0.2) is 29.4 Å². The van der Waals surface area contributed by atoms with Gasteiger partial charge >= 0.3 is 0 Å². The monoisotopic (exact) mass is 448 g/mol. The van der Waals surface area contributed by atoms with E-state index in [1.807, 2.05) is 38.1 Å². The third-order valence-electron chi connectivity index (χ3n) is 4.26. The van der Waals surface area contributed by atoms with Crippen LogP contribution in [0, 0.1) is 13.8 Å². The van der Waals surface area contributed by atoms with Gasteiger partial charge in [-0.15, -0.1) is 0 Å². The molecule has 160 valence electrons. The van der Waals surface area contributed by atoms with E-state index in [4.69, 9.17) is 0 Å². The summed E-state index contributed by atoms with van der Waals surface area (Å²) in [5.74, 6) is 0.662. The van der Waals surface area contributed by atoms with Crippen LogP contribution in [0.15, 0.2) is 76.5 Å². The van der Waals surface area contributed by atoms with E-state index in [1.165, 1.54) is 9.79 Å². The van der Waals surface area contributed by atoms with Crippen LogP contribution in [0.3, 0.4) is 0 Å². The van der Waals surface area contributed by atoms with Crippen molar-refractivity contribution in [3.63, 3.8) is 0 Å². The van der Waals surface area contributed by atoms with Crippen molar-refractivity contribution in [3.05, 3.63) is 83.4 Å². The summed E-state index contributed by atoms with van der Waals surface area (Å²) in [6.07, 6.45) is 2.15. The molecule has 3 rings (SSSR count). The predicted molar refractivity (Wildman–Crippen MR) is 116 cm³/mol. The summed E-state index contributed by atoms with van der Waals surface area (Å²) in [5.41, 5.74) is 2.43. The first-order valence-electron chi connectivity index (χ1n) is 8.96. The lowest BCUT2D eigenvalue weighted by molar-refractivity contribution is 0.253. The molecule has 0 unspecified atom stereocenters. The second kappa shape index (κ2) is 10.5. The summed E-state index contributed by atoms with van der Waals surface area (Å²) < 4.78 is 34.1. The molecule has 0 saturated heterocycles. The maximum Gasteiger partial charge on any atom is 0.217 e. The van der Waals surface area contributed by atoms with Crippen molar-refractivity contribution in [2.75, 3.05) is 6.26 Å². The Hall–Kier alpha value is -2.52. The molecule has 3 aromatic rings. The highest BCUT2D eigenvalue weighted by Crippen LogP contribution is 2.28. The van der Waals surface area contributed by atoms with Gasteiger partial charge in [0, 0.05) is 12.1 Å². The number of hydrogen-bond acceptors (Lipinski definition) is 6. The summed E-state index contributed by atoms with van der Waals surface area (Å²) in [4.78, 5) is 2.38. The summed E-state index contributed by atoms with van der Waals surface area (Å²) in [7, 11) is -4.63. The van der Waals surface area contributed by atoms with Gasteiger partial charge in [-0.1, -0.05) is 30.3 Å². The highest BCUT2D eigenvalue weighted by Gasteiger charge is 2.20. The molecule has 0 atom stereocenters. The van der Waals surface area contributed by atoms with Crippen LogP contribution < -0.4 is 0 Å². The minimum absolute atomic E-state index is 0.0561. The average Bonchev–Trinajstić information content (AvgIpc) is 2.71. The fraction of sp³-hybridized carbons (Fsp3) is 0.182. The topological polar surface area (TPSA) is 107 Å². The van der Waals surface area contributed by atoms with E-state index < -0.39 is 10.4 Å². The Morgan fingerprint density at radius 3 is 1.73 bits per heavy atom. The first kappa shape index (κ1) is 23.8. The Morgan fingerprint density at radius 2 is 1.33 bits per heavy atom. The van der Waals surface area contributed by atoms with E-state index in [1.54, 1.807) is 42.5 Å². The van der Waals surface area contributed by atoms with Crippen LogP contribution in [0.1, 0.15) is 16.7 Å². The molecule has 0 radical (unpaired) electrons. The fourth-order valence-corrected chi connectivity index (χ4v) is 4.29. The lowest BCUT2D eigenvalue weighted by Gasteiger charge is -2.06. The van der Waals surface area contributed by atoms with Crippen LogP contribution in [0.2, 0.25) is 0 Å². The highest BCUT2D eigenvalue weighted by atomic mass is 32.3. The van der Waals surface area contributed by atoms with Gasteiger partial charge in [0.15, 0.2) is 9.79 Å². The molecule has 8 heteroatoms. The maximum absolute atomic E-state index is 10.0. The van der Waals surface area contributed by atoms with Crippen molar-refractivity contribution >= 4 is 21.3 Å². The molecule has 0 spiro atoms. The number of aromatic hydroxyl groups is 2. The molecule has 0 amide bonds. The van der Waals surface area contributed by atoms with Crippen molar-refractivity contribution in [3.8, 4) is 11.5 Å². The lowest BCUT2D eigenvalue weighted by atomic mass is 10.2. The van der Waals surface area contributed by atoms with E-state index in [0.29, 0.717) is 17.1 Å². The van der Waals surface area contributed by atoms with Gasteiger partial charge < -0.3 is 14.8 Å². The largest absolute Gasteiger partial charge is 0.726 e. The molecule has 6 nitrogen and oxygen atoms in total. The zero-order chi connectivity index (χ0) is 22.3. The van der Waals surface area contributed by atoms with Crippen LogP contribution in [0.5, 0.6) is 11.5 Å². The zero-order valence-corrected chi connectivity index (χ0v) is 18.5. The fourth-order valence-electron chi connectivity index (χ4n) is 2.49. The Kier molecular flexibility index (Phi) is 8.31. The number of phenolic OH excluding ortho intramolecular Hbond substituents is 2. The van der Waals surface area contributed by atoms with Gasteiger partial charge in [-0.3, -0.25) is 4.18 Å². The van der Waals surface area contributed by atoms with Gasteiger partial charge in [0.1, 0.15) is 17.8 Å². The molecule has 0 saturated carbocycles. The molecule has 0 aliphatic carbocycles. The Labute approximate surface area is 180 Å². The standard InChI is InChI=1S/C15H16O2S.C7H8O4S/c1-10-8-12(4-6-14(10)16)18(3)13-5-7-15(17)11(2)9-13;8-12(9,10)11-6-7-4-2-1-3-5-7/h4-9H,1-3H3,(H-,16,17);1-5H,6H2,(H,8,9,10). The smallest absolute Gasteiger partial charge is 0.217 e. The molecule has 3 aromatic carbocycles. The summed E-state index contributed by atoms with van der Waals surface area (Å²) in [6, 6.07) is 20.0. The molecule has 0 aliphatic heterocycles. The van der Waals surface area contributed by atoms with Gasteiger partial charge in [0.05, 0.1) is 17.5 Å². The third kappa shape index (κ3) is 7.38. The van der Waals surface area contributed by atoms with Crippen LogP contribution in [0.25, 0.3) is 0 Å². The summed E-state index contributed by atoms with van der Waals surface area (Å²) >= 11 is 0. The van der Waals surface area contributed by atoms with Gasteiger partial charge in [0.2, 0.25) is 10.4 Å². The SMILES string of the molecule is Cc1cc([S+](C)c2ccc(O)c(C)c2)ccc1O.O=S(=O)([O-])OCc1ccccc1. The molecule has 0 aromatic heterocycles. The Balaban J connectivity index is 0.000000232. The Bertz CT molecular complexity index is 1030. The average molecular weight is 449 g/mol. The molecule has 0 heterocycles. The number of benzene rings is 3. The molecule has 0 bridgehead atoms. The van der Waals surface area contributed by atoms with E-state index in [-0.39, 0.29) is 17.5 Å². The van der Waals surface area contributed by atoms with Crippen molar-refractivity contribution in [2.45, 2.75) is 30.2 Å². The zero-order valence-electron chi connectivity index (χ0n) is 16.9. The van der Waals surface area contributed by atoms with Crippen molar-refractivity contribution in [1.29, 1.82) is 0 Å². The highest BCUT2D eigenvalue weighted by molar-refractivity contribution is 7.96. The van der Waals surface area contributed by atoms with Crippen LogP contribution >= 0.6 is 0 Å². The van der Waals surface area contributed by atoms with E-state index in [2.05, 4.69) is 10.4 Å². The number of rotatable bonds is 5. The van der Waals surface area contributed by atoms with E-state index in [9.17, 15) is 23.2 Å². The normalized spacial score (nSPS) is 11.1. The number of aryl methyl sites for hydroxylation is 2. The first-order valence-corrected chi connectivity index (χ1v) is 11.9. The minimum atomic E-state index is -4.57. The minimum Gasteiger partial charge on any atom is -0.726 e. The van der Waals surface area contributed by atoms with E-state index in [0.717, 1.165) is 11.1 Å². The first-order chi connectivity index (χ1) is 14.1. The molecule has 0 aliphatic rings. The molecular weight excluding hydrogens is 424 g/mol. The van der Waals surface area contributed by atoms with Crippen LogP contribution in [-0.2, 0) is 32.1 Å². The number of phenols is 2. The molecular formula is C22H24O6S2. The second-order valence-electron chi connectivity index (χ2n) is 6.56. The lowest BCUT2D eigenvalue weighted by Crippen LogP contribution is -2.03. The van der Waals surface area contributed by atoms with Crippen molar-refractivity contribution < 1.29 is 27.4 Å².